The number of carbonyl (C=O) groups excluding carboxylic acids is 2. The van der Waals surface area contributed by atoms with E-state index in [-0.39, 0.29) is 42.2 Å². The standard InChI is InChI=1S/C18H23FN2O4S/c1-13(16(22)21-8-10-26(24,25)11-9-21)20-17(23)18(6-3-7-18)14-4-2-5-15(19)12-14/h2,4-5,12-13H,3,6-11H2,1H3,(H,20,23). The summed E-state index contributed by atoms with van der Waals surface area (Å²) in [6.07, 6.45) is 2.10. The molecule has 0 bridgehead atoms. The van der Waals surface area contributed by atoms with E-state index in [0.29, 0.717) is 18.4 Å². The Morgan fingerprint density at radius 3 is 2.42 bits per heavy atom. The lowest BCUT2D eigenvalue weighted by atomic mass is 9.63. The van der Waals surface area contributed by atoms with Crippen molar-refractivity contribution in [1.82, 2.24) is 10.2 Å². The van der Waals surface area contributed by atoms with Crippen LogP contribution in [0.3, 0.4) is 0 Å². The van der Waals surface area contributed by atoms with Crippen molar-refractivity contribution in [3.63, 3.8) is 0 Å². The first-order chi connectivity index (χ1) is 12.2. The predicted octanol–water partition coefficient (Wildman–Crippen LogP) is 1.01. The highest BCUT2D eigenvalue weighted by molar-refractivity contribution is 7.91. The van der Waals surface area contributed by atoms with Crippen LogP contribution in [-0.2, 0) is 24.8 Å². The number of benzene rings is 1. The molecule has 8 heteroatoms. The molecule has 1 saturated carbocycles. The SMILES string of the molecule is CC(NC(=O)C1(c2cccc(F)c2)CCC1)C(=O)N1CCS(=O)(=O)CC1. The molecule has 142 valence electrons. The minimum atomic E-state index is -3.07. The number of sulfone groups is 1. The molecule has 1 atom stereocenters. The first-order valence-electron chi connectivity index (χ1n) is 8.80. The molecule has 6 nitrogen and oxygen atoms in total. The molecule has 0 spiro atoms. The average Bonchev–Trinajstić information content (AvgIpc) is 2.53. The Bertz CT molecular complexity index is 806. The Labute approximate surface area is 152 Å². The molecule has 2 aliphatic rings. The van der Waals surface area contributed by atoms with Gasteiger partial charge in [0.2, 0.25) is 11.8 Å². The molecule has 26 heavy (non-hydrogen) atoms. The largest absolute Gasteiger partial charge is 0.344 e. The van der Waals surface area contributed by atoms with Crippen molar-refractivity contribution >= 4 is 21.7 Å². The fraction of sp³-hybridized carbons (Fsp3) is 0.556. The summed E-state index contributed by atoms with van der Waals surface area (Å²) in [5.74, 6) is -1.05. The Kier molecular flexibility index (Phi) is 5.05. The number of hydrogen-bond donors (Lipinski definition) is 1. The summed E-state index contributed by atoms with van der Waals surface area (Å²) >= 11 is 0. The van der Waals surface area contributed by atoms with Gasteiger partial charge in [-0.05, 0) is 37.5 Å². The van der Waals surface area contributed by atoms with Crippen molar-refractivity contribution in [2.75, 3.05) is 24.6 Å². The van der Waals surface area contributed by atoms with Gasteiger partial charge in [-0.25, -0.2) is 12.8 Å². The van der Waals surface area contributed by atoms with Gasteiger partial charge in [0.25, 0.3) is 0 Å². The molecular weight excluding hydrogens is 359 g/mol. The van der Waals surface area contributed by atoms with Crippen molar-refractivity contribution < 1.29 is 22.4 Å². The van der Waals surface area contributed by atoms with Crippen LogP contribution in [0, 0.1) is 5.82 Å². The van der Waals surface area contributed by atoms with Crippen LogP contribution in [0.4, 0.5) is 4.39 Å². The lowest BCUT2D eigenvalue weighted by Crippen LogP contribution is -2.56. The molecule has 1 unspecified atom stereocenters. The van der Waals surface area contributed by atoms with Crippen molar-refractivity contribution in [2.45, 2.75) is 37.6 Å². The zero-order valence-electron chi connectivity index (χ0n) is 14.7. The van der Waals surface area contributed by atoms with E-state index in [2.05, 4.69) is 5.32 Å². The number of nitrogens with one attached hydrogen (secondary N) is 1. The van der Waals surface area contributed by atoms with Crippen LogP contribution < -0.4 is 5.32 Å². The van der Waals surface area contributed by atoms with Gasteiger partial charge in [-0.15, -0.1) is 0 Å². The second-order valence-electron chi connectivity index (χ2n) is 7.12. The number of amides is 2. The highest BCUT2D eigenvalue weighted by Crippen LogP contribution is 2.44. The van der Waals surface area contributed by atoms with Crippen LogP contribution in [0.1, 0.15) is 31.7 Å². The fourth-order valence-corrected chi connectivity index (χ4v) is 4.77. The molecule has 1 aliphatic carbocycles. The van der Waals surface area contributed by atoms with Gasteiger partial charge < -0.3 is 10.2 Å². The van der Waals surface area contributed by atoms with E-state index in [1.165, 1.54) is 17.0 Å². The number of halogens is 1. The number of carbonyl (C=O) groups is 2. The molecule has 1 heterocycles. The van der Waals surface area contributed by atoms with Crippen molar-refractivity contribution in [3.05, 3.63) is 35.6 Å². The van der Waals surface area contributed by atoms with E-state index >= 15 is 0 Å². The van der Waals surface area contributed by atoms with E-state index in [4.69, 9.17) is 0 Å². The molecule has 2 fully saturated rings. The molecule has 1 saturated heterocycles. The molecule has 0 aromatic heterocycles. The molecule has 1 aromatic rings. The third-order valence-electron chi connectivity index (χ3n) is 5.39. The third kappa shape index (κ3) is 3.60. The van der Waals surface area contributed by atoms with Gasteiger partial charge in [0.05, 0.1) is 16.9 Å². The van der Waals surface area contributed by atoms with Crippen LogP contribution >= 0.6 is 0 Å². The molecule has 1 aliphatic heterocycles. The second-order valence-corrected chi connectivity index (χ2v) is 9.42. The first kappa shape index (κ1) is 18.8. The van der Waals surface area contributed by atoms with Crippen molar-refractivity contribution in [2.24, 2.45) is 0 Å². The van der Waals surface area contributed by atoms with Crippen LogP contribution in [0.5, 0.6) is 0 Å². The normalized spacial score (nSPS) is 22.2. The lowest BCUT2D eigenvalue weighted by Gasteiger charge is -2.41. The fourth-order valence-electron chi connectivity index (χ4n) is 3.57. The van der Waals surface area contributed by atoms with E-state index < -0.39 is 21.3 Å². The monoisotopic (exact) mass is 382 g/mol. The Morgan fingerprint density at radius 2 is 1.88 bits per heavy atom. The highest BCUT2D eigenvalue weighted by atomic mass is 32.2. The summed E-state index contributed by atoms with van der Waals surface area (Å²) in [7, 11) is -3.07. The summed E-state index contributed by atoms with van der Waals surface area (Å²) in [6.45, 7) is 1.90. The van der Waals surface area contributed by atoms with Crippen LogP contribution in [0.2, 0.25) is 0 Å². The lowest BCUT2D eigenvalue weighted by molar-refractivity contribution is -0.138. The van der Waals surface area contributed by atoms with Gasteiger partial charge in [0.1, 0.15) is 11.9 Å². The minimum absolute atomic E-state index is 0.0490. The van der Waals surface area contributed by atoms with Gasteiger partial charge >= 0.3 is 0 Å². The summed E-state index contributed by atoms with van der Waals surface area (Å²) in [5.41, 5.74) is -0.160. The topological polar surface area (TPSA) is 83.6 Å². The van der Waals surface area contributed by atoms with Crippen LogP contribution in [0.25, 0.3) is 0 Å². The van der Waals surface area contributed by atoms with Crippen LogP contribution in [-0.4, -0.2) is 55.8 Å². The zero-order chi connectivity index (χ0) is 18.9. The van der Waals surface area contributed by atoms with Gasteiger partial charge in [-0.3, -0.25) is 9.59 Å². The molecule has 3 rings (SSSR count). The summed E-state index contributed by atoms with van der Waals surface area (Å²) in [5, 5.41) is 2.76. The maximum atomic E-state index is 13.6. The second kappa shape index (κ2) is 6.98. The van der Waals surface area contributed by atoms with E-state index in [1.807, 2.05) is 0 Å². The Hall–Kier alpha value is -1.96. The highest BCUT2D eigenvalue weighted by Gasteiger charge is 2.46. The maximum Gasteiger partial charge on any atom is 0.244 e. The molecule has 0 radical (unpaired) electrons. The van der Waals surface area contributed by atoms with Gasteiger partial charge in [-0.2, -0.15) is 0 Å². The average molecular weight is 382 g/mol. The van der Waals surface area contributed by atoms with E-state index in [0.717, 1.165) is 6.42 Å². The predicted molar refractivity (Wildman–Crippen MR) is 94.8 cm³/mol. The third-order valence-corrected chi connectivity index (χ3v) is 7.00. The van der Waals surface area contributed by atoms with Crippen molar-refractivity contribution in [1.29, 1.82) is 0 Å². The van der Waals surface area contributed by atoms with Gasteiger partial charge in [0.15, 0.2) is 9.84 Å². The number of rotatable bonds is 4. The molecule has 1 N–H and O–H groups in total. The molecule has 1 aromatic carbocycles. The maximum absolute atomic E-state index is 13.6. The summed E-state index contributed by atoms with van der Waals surface area (Å²) in [4.78, 5) is 26.9. The first-order valence-corrected chi connectivity index (χ1v) is 10.6. The van der Waals surface area contributed by atoms with Gasteiger partial charge in [-0.1, -0.05) is 18.6 Å². The molecular formula is C18H23FN2O4S. The molecule has 2 amide bonds. The van der Waals surface area contributed by atoms with Gasteiger partial charge in [0, 0.05) is 13.1 Å². The number of hydrogen-bond acceptors (Lipinski definition) is 4. The minimum Gasteiger partial charge on any atom is -0.344 e. The van der Waals surface area contributed by atoms with Crippen molar-refractivity contribution in [3.8, 4) is 0 Å². The summed E-state index contributed by atoms with van der Waals surface area (Å²) < 4.78 is 36.6. The van der Waals surface area contributed by atoms with Crippen LogP contribution in [0.15, 0.2) is 24.3 Å². The Morgan fingerprint density at radius 1 is 1.23 bits per heavy atom. The smallest absolute Gasteiger partial charge is 0.244 e. The zero-order valence-corrected chi connectivity index (χ0v) is 15.5. The summed E-state index contributed by atoms with van der Waals surface area (Å²) in [6, 6.07) is 5.28. The van der Waals surface area contributed by atoms with E-state index in [1.54, 1.807) is 19.1 Å². The van der Waals surface area contributed by atoms with E-state index in [9.17, 15) is 22.4 Å². The quantitative estimate of drug-likeness (QED) is 0.842. The Balaban J connectivity index is 1.67. The number of nitrogens with zero attached hydrogens (tertiary/aromatic N) is 1.